The molecule has 0 aliphatic heterocycles. The van der Waals surface area contributed by atoms with Gasteiger partial charge < -0.3 is 24.6 Å². The summed E-state index contributed by atoms with van der Waals surface area (Å²) in [6.07, 6.45) is 2.62. The maximum absolute atomic E-state index is 10.4. The molecule has 0 fully saturated rings. The predicted molar refractivity (Wildman–Crippen MR) is 61.6 cm³/mol. The molecule has 0 heterocycles. The number of unbranched alkanes of at least 4 members (excludes halogenated alkanes) is 3. The maximum Gasteiger partial charge on any atom is 1.00 e. The molecule has 0 amide bonds. The molecular formula is C10H22NNa2O5P. The molecule has 0 spiro atoms. The molecule has 0 bridgehead atoms. The summed E-state index contributed by atoms with van der Waals surface area (Å²) in [5.74, 6) is 0. The molecule has 0 saturated carbocycles. The van der Waals surface area contributed by atoms with E-state index in [2.05, 4.69) is 0 Å². The first-order chi connectivity index (χ1) is 7.99. The van der Waals surface area contributed by atoms with Gasteiger partial charge in [0, 0.05) is 13.1 Å². The van der Waals surface area contributed by atoms with E-state index in [1.54, 1.807) is 0 Å². The van der Waals surface area contributed by atoms with E-state index in [-0.39, 0.29) is 78.5 Å². The van der Waals surface area contributed by atoms with Crippen molar-refractivity contribution in [1.82, 2.24) is 4.90 Å². The minimum atomic E-state index is -4.33. The number of hydrogen-bond acceptors (Lipinski definition) is 6. The topological polar surface area (TPSA) is 107 Å². The summed E-state index contributed by atoms with van der Waals surface area (Å²) in [4.78, 5) is 22.7. The summed E-state index contributed by atoms with van der Waals surface area (Å²) in [6.45, 7) is 1.98. The van der Waals surface area contributed by atoms with Gasteiger partial charge >= 0.3 is 59.1 Å². The summed E-state index contributed by atoms with van der Waals surface area (Å²) in [6, 6.07) is 0. The van der Waals surface area contributed by atoms with E-state index in [4.69, 9.17) is 10.2 Å². The van der Waals surface area contributed by atoms with Crippen LogP contribution in [0, 0.1) is 0 Å². The fourth-order valence-electron chi connectivity index (χ4n) is 1.61. The van der Waals surface area contributed by atoms with Gasteiger partial charge in [-0.2, -0.15) is 0 Å². The van der Waals surface area contributed by atoms with Gasteiger partial charge in [0.25, 0.3) is 0 Å². The number of aliphatic hydroxyl groups is 2. The third-order valence-corrected chi connectivity index (χ3v) is 3.35. The number of hydrogen-bond donors (Lipinski definition) is 2. The summed E-state index contributed by atoms with van der Waals surface area (Å²) < 4.78 is 10.4. The van der Waals surface area contributed by atoms with Crippen LogP contribution in [0.4, 0.5) is 0 Å². The van der Waals surface area contributed by atoms with Crippen molar-refractivity contribution in [3.05, 3.63) is 0 Å². The van der Waals surface area contributed by atoms with E-state index in [9.17, 15) is 14.4 Å². The second-order valence-corrected chi connectivity index (χ2v) is 5.71. The summed E-state index contributed by atoms with van der Waals surface area (Å²) in [5.41, 5.74) is 0. The van der Waals surface area contributed by atoms with Crippen LogP contribution in [0.5, 0.6) is 0 Å². The molecule has 0 atom stereocenters. The van der Waals surface area contributed by atoms with Crippen molar-refractivity contribution in [2.45, 2.75) is 25.7 Å². The Kier molecular flexibility index (Phi) is 22.4. The SMILES string of the molecule is O=P([O-])([O-])CCCCCCN(CCO)CCO.[Na+].[Na+]. The van der Waals surface area contributed by atoms with Crippen molar-refractivity contribution < 1.29 is 83.7 Å². The Balaban J connectivity index is -0.00000128. The third-order valence-electron chi connectivity index (χ3n) is 2.49. The summed E-state index contributed by atoms with van der Waals surface area (Å²) in [7, 11) is -4.33. The summed E-state index contributed by atoms with van der Waals surface area (Å²) in [5, 5.41) is 17.5. The third kappa shape index (κ3) is 20.0. The molecule has 0 aliphatic rings. The van der Waals surface area contributed by atoms with Gasteiger partial charge in [0.1, 0.15) is 0 Å². The minimum absolute atomic E-state index is 0. The zero-order chi connectivity index (χ0) is 13.1. The molecule has 0 aromatic heterocycles. The number of aliphatic hydroxyl groups excluding tert-OH is 2. The molecule has 6 nitrogen and oxygen atoms in total. The minimum Gasteiger partial charge on any atom is -0.811 e. The van der Waals surface area contributed by atoms with Gasteiger partial charge in [-0.25, -0.2) is 0 Å². The Morgan fingerprint density at radius 2 is 1.32 bits per heavy atom. The molecule has 9 heteroatoms. The van der Waals surface area contributed by atoms with Crippen LogP contribution in [0.25, 0.3) is 0 Å². The van der Waals surface area contributed by atoms with Gasteiger partial charge in [0.15, 0.2) is 0 Å². The zero-order valence-electron chi connectivity index (χ0n) is 12.1. The predicted octanol–water partition coefficient (Wildman–Crippen LogP) is -7.24. The average molecular weight is 313 g/mol. The van der Waals surface area contributed by atoms with Crippen LogP contribution < -0.4 is 68.9 Å². The Morgan fingerprint density at radius 1 is 0.842 bits per heavy atom. The largest absolute Gasteiger partial charge is 1.00 e. The van der Waals surface area contributed by atoms with Crippen LogP contribution in [0.3, 0.4) is 0 Å². The standard InChI is InChI=1S/C10H24NO5P.2Na/c12-8-6-11(7-9-13)5-3-1-2-4-10-17(14,15)16;;/h12-13H,1-10H2,(H2,14,15,16);;/q;2*+1/p-2. The van der Waals surface area contributed by atoms with Crippen molar-refractivity contribution in [2.75, 3.05) is 39.0 Å². The molecule has 0 radical (unpaired) electrons. The monoisotopic (exact) mass is 313 g/mol. The average Bonchev–Trinajstić information content (AvgIpc) is 2.22. The van der Waals surface area contributed by atoms with Gasteiger partial charge in [0.05, 0.1) is 13.2 Å². The summed E-state index contributed by atoms with van der Waals surface area (Å²) >= 11 is 0. The molecule has 0 unspecified atom stereocenters. The Bertz CT molecular complexity index is 224. The molecule has 104 valence electrons. The second-order valence-electron chi connectivity index (χ2n) is 4.04. The molecule has 0 aromatic carbocycles. The molecular weight excluding hydrogens is 291 g/mol. The Hall–Kier alpha value is 2.03. The normalized spacial score (nSPS) is 11.0. The van der Waals surface area contributed by atoms with Crippen molar-refractivity contribution in [3.63, 3.8) is 0 Å². The van der Waals surface area contributed by atoms with Crippen LogP contribution in [0.2, 0.25) is 0 Å². The zero-order valence-corrected chi connectivity index (χ0v) is 17.0. The molecule has 2 N–H and O–H groups in total. The Labute approximate surface area is 159 Å². The van der Waals surface area contributed by atoms with Gasteiger partial charge in [-0.3, -0.25) is 4.90 Å². The van der Waals surface area contributed by atoms with E-state index in [1.165, 1.54) is 0 Å². The smallest absolute Gasteiger partial charge is 0.811 e. The van der Waals surface area contributed by atoms with Crippen molar-refractivity contribution in [3.8, 4) is 0 Å². The van der Waals surface area contributed by atoms with Gasteiger partial charge in [0.2, 0.25) is 0 Å². The van der Waals surface area contributed by atoms with Gasteiger partial charge in [-0.1, -0.05) is 20.4 Å². The molecule has 0 aliphatic carbocycles. The first-order valence-corrected chi connectivity index (χ1v) is 7.67. The fraction of sp³-hybridized carbons (Fsp3) is 1.00. The van der Waals surface area contributed by atoms with Crippen LogP contribution in [0.15, 0.2) is 0 Å². The van der Waals surface area contributed by atoms with Gasteiger partial charge in [-0.15, -0.1) is 0 Å². The quantitative estimate of drug-likeness (QED) is 0.223. The first kappa shape index (κ1) is 26.0. The van der Waals surface area contributed by atoms with E-state index < -0.39 is 7.60 Å². The fourth-order valence-corrected chi connectivity index (χ4v) is 2.22. The molecule has 0 saturated heterocycles. The first-order valence-electron chi connectivity index (χ1n) is 5.95. The van der Waals surface area contributed by atoms with Crippen LogP contribution in [-0.4, -0.2) is 54.1 Å². The van der Waals surface area contributed by atoms with Crippen molar-refractivity contribution in [2.24, 2.45) is 0 Å². The van der Waals surface area contributed by atoms with E-state index >= 15 is 0 Å². The number of nitrogens with zero attached hydrogens (tertiary/aromatic N) is 1. The van der Waals surface area contributed by atoms with E-state index in [1.807, 2.05) is 4.90 Å². The van der Waals surface area contributed by atoms with Crippen LogP contribution in [0.1, 0.15) is 25.7 Å². The van der Waals surface area contributed by atoms with E-state index in [0.29, 0.717) is 19.5 Å². The van der Waals surface area contributed by atoms with Crippen molar-refractivity contribution in [1.29, 1.82) is 0 Å². The number of rotatable bonds is 11. The molecule has 19 heavy (non-hydrogen) atoms. The second kappa shape index (κ2) is 16.4. The van der Waals surface area contributed by atoms with Crippen LogP contribution in [-0.2, 0) is 4.57 Å². The Morgan fingerprint density at radius 3 is 1.74 bits per heavy atom. The van der Waals surface area contributed by atoms with E-state index in [0.717, 1.165) is 25.8 Å². The van der Waals surface area contributed by atoms with Crippen LogP contribution >= 0.6 is 7.60 Å². The maximum atomic E-state index is 10.4. The molecule has 0 rings (SSSR count). The van der Waals surface area contributed by atoms with Gasteiger partial charge in [-0.05, 0) is 25.5 Å². The van der Waals surface area contributed by atoms with Crippen molar-refractivity contribution >= 4 is 7.60 Å². The molecule has 0 aromatic rings.